The Morgan fingerprint density at radius 3 is 2.90 bits per heavy atom. The van der Waals surface area contributed by atoms with Crippen LogP contribution < -0.4 is 5.43 Å². The number of aromatic nitrogens is 1. The Labute approximate surface area is 132 Å². The Bertz CT molecular complexity index is 619. The van der Waals surface area contributed by atoms with Crippen LogP contribution in [-0.2, 0) is 10.5 Å². The van der Waals surface area contributed by atoms with Crippen LogP contribution in [0.25, 0.3) is 0 Å². The standard InChI is InChI=1S/C15H14ClN3OS/c16-14-3-1-2-13(8-14)10-21-11-15(20)19-18-9-12-4-6-17-7-5-12/h1-9H,10-11H2,(H,19,20). The molecule has 0 aliphatic heterocycles. The molecular formula is C15H14ClN3OS. The van der Waals surface area contributed by atoms with Crippen molar-refractivity contribution in [3.05, 3.63) is 64.9 Å². The van der Waals surface area contributed by atoms with E-state index >= 15 is 0 Å². The van der Waals surface area contributed by atoms with Gasteiger partial charge in [0.05, 0.1) is 12.0 Å². The fraction of sp³-hybridized carbons (Fsp3) is 0.133. The van der Waals surface area contributed by atoms with Gasteiger partial charge in [0.15, 0.2) is 0 Å². The van der Waals surface area contributed by atoms with Crippen molar-refractivity contribution in [3.63, 3.8) is 0 Å². The van der Waals surface area contributed by atoms with Crippen LogP contribution in [0.4, 0.5) is 0 Å². The van der Waals surface area contributed by atoms with Gasteiger partial charge in [-0.25, -0.2) is 5.43 Å². The summed E-state index contributed by atoms with van der Waals surface area (Å²) in [6.45, 7) is 0. The largest absolute Gasteiger partial charge is 0.272 e. The number of carbonyl (C=O) groups excluding carboxylic acids is 1. The molecule has 0 unspecified atom stereocenters. The molecule has 1 aromatic carbocycles. The molecule has 0 atom stereocenters. The fourth-order valence-electron chi connectivity index (χ4n) is 1.55. The van der Waals surface area contributed by atoms with E-state index in [1.54, 1.807) is 18.6 Å². The SMILES string of the molecule is O=C(CSCc1cccc(Cl)c1)NN=Cc1ccncc1. The minimum atomic E-state index is -0.132. The molecule has 0 saturated heterocycles. The lowest BCUT2D eigenvalue weighted by molar-refractivity contribution is -0.118. The average molecular weight is 320 g/mol. The number of rotatable bonds is 6. The highest BCUT2D eigenvalue weighted by atomic mass is 35.5. The Kier molecular flexibility index (Phi) is 6.24. The third-order valence-electron chi connectivity index (χ3n) is 2.50. The molecule has 1 N–H and O–H groups in total. The predicted octanol–water partition coefficient (Wildman–Crippen LogP) is 3.12. The first-order valence-corrected chi connectivity index (χ1v) is 7.81. The number of carbonyl (C=O) groups is 1. The molecule has 0 fully saturated rings. The second-order valence-corrected chi connectivity index (χ2v) is 5.62. The number of hydrazone groups is 1. The van der Waals surface area contributed by atoms with Crippen LogP contribution in [0, 0.1) is 0 Å². The van der Waals surface area contributed by atoms with Crippen molar-refractivity contribution >= 4 is 35.5 Å². The molecule has 0 aliphatic carbocycles. The first-order chi connectivity index (χ1) is 10.2. The highest BCUT2D eigenvalue weighted by Gasteiger charge is 2.01. The number of pyridine rings is 1. The lowest BCUT2D eigenvalue weighted by Crippen LogP contribution is -2.19. The van der Waals surface area contributed by atoms with Gasteiger partial charge in [-0.3, -0.25) is 9.78 Å². The van der Waals surface area contributed by atoms with E-state index in [1.807, 2.05) is 36.4 Å². The van der Waals surface area contributed by atoms with Gasteiger partial charge in [-0.2, -0.15) is 5.10 Å². The van der Waals surface area contributed by atoms with E-state index < -0.39 is 0 Å². The normalized spacial score (nSPS) is 10.7. The van der Waals surface area contributed by atoms with Crippen LogP contribution in [0.15, 0.2) is 53.9 Å². The molecule has 1 amide bonds. The van der Waals surface area contributed by atoms with Gasteiger partial charge in [-0.05, 0) is 35.4 Å². The molecule has 0 aliphatic rings. The van der Waals surface area contributed by atoms with Gasteiger partial charge in [0.1, 0.15) is 0 Å². The molecule has 0 saturated carbocycles. The number of amides is 1. The maximum atomic E-state index is 11.6. The number of nitrogens with one attached hydrogen (secondary N) is 1. The highest BCUT2D eigenvalue weighted by Crippen LogP contribution is 2.16. The molecule has 1 aromatic heterocycles. The van der Waals surface area contributed by atoms with Gasteiger partial charge in [0, 0.05) is 23.2 Å². The van der Waals surface area contributed by atoms with E-state index in [4.69, 9.17) is 11.6 Å². The minimum absolute atomic E-state index is 0.132. The van der Waals surface area contributed by atoms with E-state index in [9.17, 15) is 4.79 Å². The first-order valence-electron chi connectivity index (χ1n) is 6.28. The summed E-state index contributed by atoms with van der Waals surface area (Å²) >= 11 is 7.42. The second-order valence-electron chi connectivity index (χ2n) is 4.20. The Morgan fingerprint density at radius 2 is 2.14 bits per heavy atom. The number of halogens is 1. The van der Waals surface area contributed by atoms with Gasteiger partial charge in [0.25, 0.3) is 0 Å². The Balaban J connectivity index is 1.69. The lowest BCUT2D eigenvalue weighted by atomic mass is 10.2. The molecular weight excluding hydrogens is 306 g/mol. The Hall–Kier alpha value is -1.85. The van der Waals surface area contributed by atoms with E-state index in [-0.39, 0.29) is 5.91 Å². The number of nitrogens with zero attached hydrogens (tertiary/aromatic N) is 2. The molecule has 2 aromatic rings. The zero-order valence-electron chi connectivity index (χ0n) is 11.2. The molecule has 1 heterocycles. The van der Waals surface area contributed by atoms with Gasteiger partial charge in [-0.15, -0.1) is 11.8 Å². The maximum absolute atomic E-state index is 11.6. The van der Waals surface area contributed by atoms with Crippen molar-refractivity contribution in [2.24, 2.45) is 5.10 Å². The summed E-state index contributed by atoms with van der Waals surface area (Å²) in [6.07, 6.45) is 4.93. The summed E-state index contributed by atoms with van der Waals surface area (Å²) in [5.41, 5.74) is 4.48. The van der Waals surface area contributed by atoms with E-state index in [0.717, 1.165) is 16.9 Å². The van der Waals surface area contributed by atoms with Crippen LogP contribution in [-0.4, -0.2) is 22.9 Å². The van der Waals surface area contributed by atoms with E-state index in [1.165, 1.54) is 11.8 Å². The molecule has 2 rings (SSSR count). The number of thioether (sulfide) groups is 1. The van der Waals surface area contributed by atoms with E-state index in [0.29, 0.717) is 10.8 Å². The summed E-state index contributed by atoms with van der Waals surface area (Å²) in [7, 11) is 0. The topological polar surface area (TPSA) is 54.4 Å². The second kappa shape index (κ2) is 8.44. The number of hydrogen-bond acceptors (Lipinski definition) is 4. The van der Waals surface area contributed by atoms with Crippen molar-refractivity contribution in [3.8, 4) is 0 Å². The van der Waals surface area contributed by atoms with Crippen LogP contribution in [0.3, 0.4) is 0 Å². The zero-order valence-corrected chi connectivity index (χ0v) is 12.8. The van der Waals surface area contributed by atoms with Gasteiger partial charge >= 0.3 is 0 Å². The van der Waals surface area contributed by atoms with Crippen LogP contribution in [0.2, 0.25) is 5.02 Å². The predicted molar refractivity (Wildman–Crippen MR) is 87.6 cm³/mol. The van der Waals surface area contributed by atoms with Crippen molar-refractivity contribution in [2.75, 3.05) is 5.75 Å². The molecule has 0 radical (unpaired) electrons. The third kappa shape index (κ3) is 5.97. The molecule has 0 spiro atoms. The zero-order chi connectivity index (χ0) is 14.9. The molecule has 4 nitrogen and oxygen atoms in total. The fourth-order valence-corrected chi connectivity index (χ4v) is 2.53. The molecule has 21 heavy (non-hydrogen) atoms. The van der Waals surface area contributed by atoms with Gasteiger partial charge in [-0.1, -0.05) is 23.7 Å². The summed E-state index contributed by atoms with van der Waals surface area (Å²) in [5, 5.41) is 4.60. The number of benzene rings is 1. The van der Waals surface area contributed by atoms with Crippen molar-refractivity contribution in [1.29, 1.82) is 0 Å². The summed E-state index contributed by atoms with van der Waals surface area (Å²) in [4.78, 5) is 15.5. The summed E-state index contributed by atoms with van der Waals surface area (Å²) in [6, 6.07) is 11.2. The van der Waals surface area contributed by atoms with Gasteiger partial charge in [0.2, 0.25) is 5.91 Å². The average Bonchev–Trinajstić information content (AvgIpc) is 2.48. The van der Waals surface area contributed by atoms with Crippen LogP contribution in [0.1, 0.15) is 11.1 Å². The van der Waals surface area contributed by atoms with E-state index in [2.05, 4.69) is 15.5 Å². The van der Waals surface area contributed by atoms with Crippen molar-refractivity contribution < 1.29 is 4.79 Å². The van der Waals surface area contributed by atoms with Crippen LogP contribution in [0.5, 0.6) is 0 Å². The van der Waals surface area contributed by atoms with Crippen molar-refractivity contribution in [1.82, 2.24) is 10.4 Å². The van der Waals surface area contributed by atoms with Crippen molar-refractivity contribution in [2.45, 2.75) is 5.75 Å². The third-order valence-corrected chi connectivity index (χ3v) is 3.74. The smallest absolute Gasteiger partial charge is 0.250 e. The first kappa shape index (κ1) is 15.5. The lowest BCUT2D eigenvalue weighted by Gasteiger charge is -2.02. The Morgan fingerprint density at radius 1 is 1.33 bits per heavy atom. The quantitative estimate of drug-likeness (QED) is 0.657. The minimum Gasteiger partial charge on any atom is -0.272 e. The highest BCUT2D eigenvalue weighted by molar-refractivity contribution is 7.99. The van der Waals surface area contributed by atoms with Gasteiger partial charge < -0.3 is 0 Å². The summed E-state index contributed by atoms with van der Waals surface area (Å²) in [5.74, 6) is 0.953. The monoisotopic (exact) mass is 319 g/mol. The number of hydrogen-bond donors (Lipinski definition) is 1. The van der Waals surface area contributed by atoms with Crippen LogP contribution >= 0.6 is 23.4 Å². The molecule has 6 heteroatoms. The molecule has 0 bridgehead atoms. The molecule has 108 valence electrons. The maximum Gasteiger partial charge on any atom is 0.250 e. The summed E-state index contributed by atoms with van der Waals surface area (Å²) < 4.78 is 0.